The van der Waals surface area contributed by atoms with E-state index in [-0.39, 0.29) is 10.6 Å². The first kappa shape index (κ1) is 25.8. The number of aromatic hydroxyl groups is 1. The summed E-state index contributed by atoms with van der Waals surface area (Å²) in [5, 5.41) is 25.6. The van der Waals surface area contributed by atoms with Crippen molar-refractivity contribution in [2.75, 3.05) is 11.4 Å². The van der Waals surface area contributed by atoms with Crippen LogP contribution in [0.25, 0.3) is 22.5 Å². The standard InChI is InChI=1S/C30H26N6O2S/c1-4-36(22-7-5-6-20(16-22)17-31)27-26(25-13-15-35(3)34-25)33-30(38)29(28(27)37)39-23-10-8-21(9-11-23)24-12-14-32-18-19(24)2/h5-16,18H,4H2,1-3H3,(H2,33,37,38). The molecule has 0 radical (unpaired) electrons. The first-order valence-electron chi connectivity index (χ1n) is 12.4. The molecule has 0 aliphatic heterocycles. The number of H-pyrrole nitrogens is 1. The number of nitrogens with one attached hydrogen (secondary N) is 1. The van der Waals surface area contributed by atoms with Crippen LogP contribution >= 0.6 is 11.8 Å². The van der Waals surface area contributed by atoms with E-state index in [9.17, 15) is 15.2 Å². The Hall–Kier alpha value is -4.81. The third kappa shape index (κ3) is 5.15. The Morgan fingerprint density at radius 2 is 1.95 bits per heavy atom. The first-order valence-corrected chi connectivity index (χ1v) is 13.2. The summed E-state index contributed by atoms with van der Waals surface area (Å²) >= 11 is 1.19. The van der Waals surface area contributed by atoms with E-state index in [1.807, 2.05) is 61.3 Å². The van der Waals surface area contributed by atoms with Gasteiger partial charge in [-0.1, -0.05) is 30.0 Å². The Bertz CT molecular complexity index is 1750. The maximum atomic E-state index is 13.3. The highest BCUT2D eigenvalue weighted by Gasteiger charge is 2.25. The van der Waals surface area contributed by atoms with Gasteiger partial charge in [-0.05, 0) is 73.0 Å². The van der Waals surface area contributed by atoms with Crippen molar-refractivity contribution in [1.29, 1.82) is 5.26 Å². The van der Waals surface area contributed by atoms with Crippen LogP contribution in [0.15, 0.2) is 93.8 Å². The van der Waals surface area contributed by atoms with Crippen LogP contribution in [0.2, 0.25) is 0 Å². The van der Waals surface area contributed by atoms with Crippen molar-refractivity contribution >= 4 is 23.1 Å². The summed E-state index contributed by atoms with van der Waals surface area (Å²) in [4.78, 5) is 23.3. The molecule has 3 aromatic heterocycles. The average Bonchev–Trinajstić information content (AvgIpc) is 3.39. The number of benzene rings is 2. The minimum absolute atomic E-state index is 0.150. The van der Waals surface area contributed by atoms with Gasteiger partial charge in [0.05, 0.1) is 17.3 Å². The van der Waals surface area contributed by atoms with E-state index < -0.39 is 5.56 Å². The Labute approximate surface area is 230 Å². The summed E-state index contributed by atoms with van der Waals surface area (Å²) in [6.07, 6.45) is 5.36. The van der Waals surface area contributed by atoms with Crippen LogP contribution in [0.5, 0.6) is 5.75 Å². The van der Waals surface area contributed by atoms with E-state index in [2.05, 4.69) is 21.1 Å². The van der Waals surface area contributed by atoms with E-state index in [0.717, 1.165) is 21.6 Å². The minimum Gasteiger partial charge on any atom is -0.504 e. The molecule has 39 heavy (non-hydrogen) atoms. The van der Waals surface area contributed by atoms with Crippen LogP contribution in [0.3, 0.4) is 0 Å². The molecular weight excluding hydrogens is 508 g/mol. The van der Waals surface area contributed by atoms with Crippen molar-refractivity contribution in [1.82, 2.24) is 19.7 Å². The molecule has 8 nitrogen and oxygen atoms in total. The maximum absolute atomic E-state index is 13.3. The van der Waals surface area contributed by atoms with Gasteiger partial charge in [0.25, 0.3) is 5.56 Å². The predicted molar refractivity (Wildman–Crippen MR) is 153 cm³/mol. The van der Waals surface area contributed by atoms with Crippen LogP contribution in [0.4, 0.5) is 11.4 Å². The molecular formula is C30H26N6O2S. The Morgan fingerprint density at radius 3 is 2.62 bits per heavy atom. The van der Waals surface area contributed by atoms with Gasteiger partial charge in [-0.25, -0.2) is 0 Å². The third-order valence-corrected chi connectivity index (χ3v) is 7.46. The van der Waals surface area contributed by atoms with Crippen LogP contribution < -0.4 is 10.5 Å². The van der Waals surface area contributed by atoms with Crippen molar-refractivity contribution < 1.29 is 5.11 Å². The number of aryl methyl sites for hydroxylation is 2. The van der Waals surface area contributed by atoms with Gasteiger partial charge in [0, 0.05) is 42.8 Å². The summed E-state index contributed by atoms with van der Waals surface area (Å²) in [5.41, 5.74) is 5.31. The number of anilines is 2. The highest BCUT2D eigenvalue weighted by Crippen LogP contribution is 2.45. The average molecular weight is 535 g/mol. The molecule has 9 heteroatoms. The molecule has 0 spiro atoms. The lowest BCUT2D eigenvalue weighted by Crippen LogP contribution is -2.21. The molecule has 2 aromatic carbocycles. The number of hydrogen-bond donors (Lipinski definition) is 2. The molecule has 5 rings (SSSR count). The molecule has 0 bridgehead atoms. The second-order valence-electron chi connectivity index (χ2n) is 8.95. The zero-order valence-corrected chi connectivity index (χ0v) is 22.5. The molecule has 0 fully saturated rings. The van der Waals surface area contributed by atoms with Crippen molar-refractivity contribution in [3.05, 3.63) is 101 Å². The quantitative estimate of drug-likeness (QED) is 0.262. The second kappa shape index (κ2) is 10.9. The van der Waals surface area contributed by atoms with E-state index in [1.165, 1.54) is 11.8 Å². The largest absolute Gasteiger partial charge is 0.504 e. The number of nitriles is 1. The fourth-order valence-electron chi connectivity index (χ4n) is 4.49. The molecule has 0 saturated carbocycles. The molecule has 0 aliphatic carbocycles. The molecule has 5 aromatic rings. The zero-order chi connectivity index (χ0) is 27.5. The first-order chi connectivity index (χ1) is 18.9. The normalized spacial score (nSPS) is 10.8. The van der Waals surface area contributed by atoms with E-state index in [1.54, 1.807) is 48.4 Å². The smallest absolute Gasteiger partial charge is 0.266 e. The summed E-state index contributed by atoms with van der Waals surface area (Å²) in [6, 6.07) is 20.9. The molecule has 0 atom stereocenters. The van der Waals surface area contributed by atoms with Gasteiger partial charge >= 0.3 is 0 Å². The van der Waals surface area contributed by atoms with E-state index >= 15 is 0 Å². The van der Waals surface area contributed by atoms with Gasteiger partial charge in [-0.2, -0.15) is 10.4 Å². The number of hydrogen-bond acceptors (Lipinski definition) is 7. The summed E-state index contributed by atoms with van der Waals surface area (Å²) < 4.78 is 1.63. The van der Waals surface area contributed by atoms with E-state index in [0.29, 0.717) is 34.9 Å². The van der Waals surface area contributed by atoms with Crippen molar-refractivity contribution in [3.63, 3.8) is 0 Å². The number of aromatic amines is 1. The molecule has 0 unspecified atom stereocenters. The maximum Gasteiger partial charge on any atom is 0.266 e. The van der Waals surface area contributed by atoms with E-state index in [4.69, 9.17) is 0 Å². The highest BCUT2D eigenvalue weighted by atomic mass is 32.2. The molecule has 2 N–H and O–H groups in total. The summed E-state index contributed by atoms with van der Waals surface area (Å²) in [6.45, 7) is 4.43. The molecule has 0 amide bonds. The Kier molecular flexibility index (Phi) is 7.21. The Balaban J connectivity index is 1.61. The lowest BCUT2D eigenvalue weighted by atomic mass is 10.0. The van der Waals surface area contributed by atoms with Gasteiger partial charge in [0.15, 0.2) is 5.75 Å². The van der Waals surface area contributed by atoms with Gasteiger partial charge in [-0.15, -0.1) is 0 Å². The lowest BCUT2D eigenvalue weighted by molar-refractivity contribution is 0.460. The van der Waals surface area contributed by atoms with Crippen LogP contribution in [-0.2, 0) is 7.05 Å². The van der Waals surface area contributed by atoms with Gasteiger partial charge in [0.2, 0.25) is 0 Å². The fourth-order valence-corrected chi connectivity index (χ4v) is 5.33. The second-order valence-corrected chi connectivity index (χ2v) is 10.0. The van der Waals surface area contributed by atoms with Gasteiger partial charge < -0.3 is 15.0 Å². The van der Waals surface area contributed by atoms with Gasteiger partial charge in [0.1, 0.15) is 16.3 Å². The van der Waals surface area contributed by atoms with Crippen molar-refractivity contribution in [2.45, 2.75) is 23.6 Å². The molecule has 0 saturated heterocycles. The fraction of sp³-hybridized carbons (Fsp3) is 0.133. The number of pyridine rings is 2. The van der Waals surface area contributed by atoms with Crippen LogP contribution in [0, 0.1) is 18.3 Å². The number of aromatic nitrogens is 4. The predicted octanol–water partition coefficient (Wildman–Crippen LogP) is 6.03. The zero-order valence-electron chi connectivity index (χ0n) is 21.7. The van der Waals surface area contributed by atoms with Crippen molar-refractivity contribution in [3.8, 4) is 34.3 Å². The Morgan fingerprint density at radius 1 is 1.15 bits per heavy atom. The van der Waals surface area contributed by atoms with Crippen molar-refractivity contribution in [2.24, 2.45) is 7.05 Å². The molecule has 3 heterocycles. The number of nitrogens with zero attached hydrogens (tertiary/aromatic N) is 5. The van der Waals surface area contributed by atoms with Gasteiger partial charge in [-0.3, -0.25) is 14.5 Å². The number of rotatable bonds is 7. The SMILES string of the molecule is CCN(c1cccc(C#N)c1)c1c(-c2ccn(C)n2)[nH]c(=O)c(Sc2ccc(-c3ccncc3C)cc2)c1O. The monoisotopic (exact) mass is 534 g/mol. The topological polar surface area (TPSA) is 111 Å². The minimum atomic E-state index is -0.419. The summed E-state index contributed by atoms with van der Waals surface area (Å²) in [5.74, 6) is -0.150. The molecule has 0 aliphatic rings. The third-order valence-electron chi connectivity index (χ3n) is 6.37. The molecule has 194 valence electrons. The highest BCUT2D eigenvalue weighted by molar-refractivity contribution is 7.99. The summed E-state index contributed by atoms with van der Waals surface area (Å²) in [7, 11) is 1.79. The van der Waals surface area contributed by atoms with Crippen LogP contribution in [0.1, 0.15) is 18.1 Å². The lowest BCUT2D eigenvalue weighted by Gasteiger charge is -2.27. The van der Waals surface area contributed by atoms with Crippen LogP contribution in [-0.4, -0.2) is 31.4 Å².